The highest BCUT2D eigenvalue weighted by atomic mass is 16.5. The highest BCUT2D eigenvalue weighted by Gasteiger charge is 2.19. The van der Waals surface area contributed by atoms with E-state index in [1.165, 1.54) is 12.2 Å². The van der Waals surface area contributed by atoms with Crippen LogP contribution in [0.4, 0.5) is 0 Å². The van der Waals surface area contributed by atoms with Crippen LogP contribution in [0.3, 0.4) is 0 Å². The molecule has 0 unspecified atom stereocenters. The molecular formula is C20H19N3O3. The van der Waals surface area contributed by atoms with Crippen LogP contribution >= 0.6 is 0 Å². The molecule has 0 aliphatic rings. The Hall–Kier alpha value is -3.41. The molecule has 0 N–H and O–H groups in total. The molecule has 0 radical (unpaired) electrons. The topological polar surface area (TPSA) is 71.3 Å². The molecule has 2 aromatic heterocycles. The van der Waals surface area contributed by atoms with Crippen LogP contribution in [0.1, 0.15) is 18.2 Å². The number of esters is 1. The molecule has 0 saturated heterocycles. The standard InChI is InChI=1S/C20H19N3O3/c1-3-26-19(24)13-12-18(20(25)16-9-5-4-6-10-16)23-15(2)17-11-7-8-14-22(17)21-23/h4-14H,3H2,1-2H3. The van der Waals surface area contributed by atoms with E-state index in [0.29, 0.717) is 5.56 Å². The molecule has 0 spiro atoms. The molecule has 0 fully saturated rings. The Morgan fingerprint density at radius 1 is 1.19 bits per heavy atom. The Bertz CT molecular complexity index is 988. The van der Waals surface area contributed by atoms with E-state index in [9.17, 15) is 9.90 Å². The number of hydrogen-bond donors (Lipinski definition) is 0. The third-order valence-corrected chi connectivity index (χ3v) is 3.87. The van der Waals surface area contributed by atoms with Crippen molar-refractivity contribution in [2.45, 2.75) is 13.8 Å². The Labute approximate surface area is 151 Å². The highest BCUT2D eigenvalue weighted by molar-refractivity contribution is 5.89. The number of ether oxygens (including phenoxy) is 1. The van der Waals surface area contributed by atoms with E-state index >= 15 is 0 Å². The number of aryl methyl sites for hydroxylation is 1. The minimum Gasteiger partial charge on any atom is -0.869 e. The average Bonchev–Trinajstić information content (AvgIpc) is 3.00. The van der Waals surface area contributed by atoms with Gasteiger partial charge in [0, 0.05) is 13.0 Å². The molecule has 1 aromatic carbocycles. The maximum atomic E-state index is 13.0. The second-order valence-electron chi connectivity index (χ2n) is 5.58. The fourth-order valence-electron chi connectivity index (χ4n) is 2.62. The molecule has 2 heterocycles. The third kappa shape index (κ3) is 3.49. The Balaban J connectivity index is 2.17. The van der Waals surface area contributed by atoms with Crippen molar-refractivity contribution >= 4 is 22.9 Å². The summed E-state index contributed by atoms with van der Waals surface area (Å²) in [7, 11) is 0. The Morgan fingerprint density at radius 2 is 1.92 bits per heavy atom. The lowest BCUT2D eigenvalue weighted by atomic mass is 10.1. The van der Waals surface area contributed by atoms with Crippen molar-refractivity contribution in [3.05, 3.63) is 78.1 Å². The van der Waals surface area contributed by atoms with E-state index in [-0.39, 0.29) is 18.1 Å². The number of hydrogen-bond acceptors (Lipinski definition) is 4. The summed E-state index contributed by atoms with van der Waals surface area (Å²) in [5.74, 6) is -0.740. The van der Waals surface area contributed by atoms with Crippen LogP contribution in [0.2, 0.25) is 0 Å². The molecule has 132 valence electrons. The van der Waals surface area contributed by atoms with Crippen molar-refractivity contribution in [2.75, 3.05) is 6.61 Å². The zero-order valence-corrected chi connectivity index (χ0v) is 14.6. The quantitative estimate of drug-likeness (QED) is 0.231. The summed E-state index contributed by atoms with van der Waals surface area (Å²) in [4.78, 5) is 11.7. The molecule has 6 heteroatoms. The summed E-state index contributed by atoms with van der Waals surface area (Å²) in [6.45, 7) is 3.87. The Kier molecular flexibility index (Phi) is 5.12. The van der Waals surface area contributed by atoms with Crippen LogP contribution in [0, 0.1) is 6.92 Å². The first-order valence-electron chi connectivity index (χ1n) is 8.30. The van der Waals surface area contributed by atoms with E-state index < -0.39 is 5.97 Å². The number of fused-ring (bicyclic) bond motifs is 1. The molecule has 6 nitrogen and oxygen atoms in total. The van der Waals surface area contributed by atoms with Gasteiger partial charge in [0.2, 0.25) is 0 Å². The molecule has 3 rings (SSSR count). The number of nitrogens with zero attached hydrogens (tertiary/aromatic N) is 3. The molecule has 0 atom stereocenters. The monoisotopic (exact) mass is 349 g/mol. The molecule has 26 heavy (non-hydrogen) atoms. The second-order valence-corrected chi connectivity index (χ2v) is 5.58. The first kappa shape index (κ1) is 17.4. The molecule has 0 aliphatic heterocycles. The van der Waals surface area contributed by atoms with Gasteiger partial charge in [-0.2, -0.15) is 0 Å². The lowest BCUT2D eigenvalue weighted by Gasteiger charge is -2.14. The normalized spacial score (nSPS) is 12.4. The third-order valence-electron chi connectivity index (χ3n) is 3.87. The molecular weight excluding hydrogens is 330 g/mol. The van der Waals surface area contributed by atoms with Crippen LogP contribution in [0.25, 0.3) is 17.0 Å². The van der Waals surface area contributed by atoms with Crippen molar-refractivity contribution < 1.29 is 19.2 Å². The SMILES string of the molecule is CCOC(=O)/C=C/C(=C(/[O-])c1ccccc1)n1n[n+]2ccccc2c1C. The lowest BCUT2D eigenvalue weighted by molar-refractivity contribution is -0.583. The van der Waals surface area contributed by atoms with Crippen molar-refractivity contribution in [3.63, 3.8) is 0 Å². The first-order valence-corrected chi connectivity index (χ1v) is 8.30. The molecule has 0 amide bonds. The predicted molar refractivity (Wildman–Crippen MR) is 95.4 cm³/mol. The molecule has 0 bridgehead atoms. The van der Waals surface area contributed by atoms with Crippen LogP contribution in [-0.2, 0) is 9.53 Å². The average molecular weight is 349 g/mol. The largest absolute Gasteiger partial charge is 0.869 e. The van der Waals surface area contributed by atoms with E-state index in [2.05, 4.69) is 5.21 Å². The number of carbonyl (C=O) groups is 1. The van der Waals surface area contributed by atoms with Crippen molar-refractivity contribution in [1.82, 2.24) is 9.90 Å². The number of aromatic nitrogens is 3. The zero-order valence-electron chi connectivity index (χ0n) is 14.6. The highest BCUT2D eigenvalue weighted by Crippen LogP contribution is 2.20. The van der Waals surface area contributed by atoms with Crippen LogP contribution < -0.4 is 9.62 Å². The van der Waals surface area contributed by atoms with Crippen molar-refractivity contribution in [3.8, 4) is 0 Å². The van der Waals surface area contributed by atoms with Crippen molar-refractivity contribution in [2.24, 2.45) is 0 Å². The summed E-state index contributed by atoms with van der Waals surface area (Å²) in [5.41, 5.74) is 2.44. The van der Waals surface area contributed by atoms with Gasteiger partial charge in [-0.3, -0.25) is 0 Å². The van der Waals surface area contributed by atoms with E-state index in [1.807, 2.05) is 31.2 Å². The summed E-state index contributed by atoms with van der Waals surface area (Å²) >= 11 is 0. The number of allylic oxidation sites excluding steroid dienone is 2. The summed E-state index contributed by atoms with van der Waals surface area (Å²) in [5, 5.41) is 17.5. The maximum absolute atomic E-state index is 13.0. The number of pyridine rings is 1. The van der Waals surface area contributed by atoms with Gasteiger partial charge < -0.3 is 9.84 Å². The van der Waals surface area contributed by atoms with Gasteiger partial charge in [0.05, 0.1) is 6.61 Å². The van der Waals surface area contributed by atoms with Gasteiger partial charge in [0.15, 0.2) is 11.2 Å². The van der Waals surface area contributed by atoms with E-state index in [4.69, 9.17) is 4.74 Å². The fourth-order valence-corrected chi connectivity index (χ4v) is 2.62. The Morgan fingerprint density at radius 3 is 2.62 bits per heavy atom. The van der Waals surface area contributed by atoms with Crippen LogP contribution in [0.5, 0.6) is 0 Å². The zero-order chi connectivity index (χ0) is 18.5. The van der Waals surface area contributed by atoms with Crippen LogP contribution in [0.15, 0.2) is 66.9 Å². The van der Waals surface area contributed by atoms with Gasteiger partial charge in [-0.25, -0.2) is 4.79 Å². The number of carbonyl (C=O) groups excluding carboxylic acids is 1. The number of benzene rings is 1. The van der Waals surface area contributed by atoms with Gasteiger partial charge in [-0.1, -0.05) is 46.8 Å². The van der Waals surface area contributed by atoms with Gasteiger partial charge in [0.25, 0.3) is 0 Å². The predicted octanol–water partition coefficient (Wildman–Crippen LogP) is 1.74. The summed E-state index contributed by atoms with van der Waals surface area (Å²) in [6.07, 6.45) is 4.50. The first-order chi connectivity index (χ1) is 12.6. The van der Waals surface area contributed by atoms with E-state index in [1.54, 1.807) is 46.6 Å². The van der Waals surface area contributed by atoms with Gasteiger partial charge >= 0.3 is 5.97 Å². The smallest absolute Gasteiger partial charge is 0.330 e. The fraction of sp³-hybridized carbons (Fsp3) is 0.150. The molecule has 0 aliphatic carbocycles. The summed E-state index contributed by atoms with van der Waals surface area (Å²) < 4.78 is 8.15. The van der Waals surface area contributed by atoms with Gasteiger partial charge in [-0.15, -0.1) is 4.52 Å². The lowest BCUT2D eigenvalue weighted by Crippen LogP contribution is -2.24. The number of rotatable bonds is 5. The molecule has 3 aromatic rings. The minimum atomic E-state index is -0.507. The van der Waals surface area contributed by atoms with E-state index in [0.717, 1.165) is 11.2 Å². The second kappa shape index (κ2) is 7.65. The van der Waals surface area contributed by atoms with Crippen molar-refractivity contribution in [1.29, 1.82) is 0 Å². The van der Waals surface area contributed by atoms with Gasteiger partial charge in [0.1, 0.15) is 17.1 Å². The minimum absolute atomic E-state index is 0.234. The van der Waals surface area contributed by atoms with Gasteiger partial charge in [-0.05, 0) is 30.7 Å². The molecule has 0 saturated carbocycles. The maximum Gasteiger partial charge on any atom is 0.330 e. The summed E-state index contributed by atoms with van der Waals surface area (Å²) in [6, 6.07) is 14.6. The van der Waals surface area contributed by atoms with Crippen LogP contribution in [-0.4, -0.2) is 22.5 Å².